The molecule has 1 saturated heterocycles. The lowest BCUT2D eigenvalue weighted by Gasteiger charge is -2.32. The molecule has 0 saturated carbocycles. The van der Waals surface area contributed by atoms with E-state index in [0.29, 0.717) is 12.1 Å². The van der Waals surface area contributed by atoms with Crippen LogP contribution in [0.3, 0.4) is 0 Å². The molecule has 1 rings (SSSR count). The maximum absolute atomic E-state index is 5.83. The maximum atomic E-state index is 5.83. The number of likely N-dealkylation sites (tertiary alicyclic amines) is 1. The number of ether oxygens (including phenoxy) is 1. The fourth-order valence-corrected chi connectivity index (χ4v) is 2.65. The summed E-state index contributed by atoms with van der Waals surface area (Å²) in [4.78, 5) is 2.46. The first kappa shape index (κ1) is 16.9. The second-order valence-electron chi connectivity index (χ2n) is 6.23. The van der Waals surface area contributed by atoms with Crippen LogP contribution in [0.25, 0.3) is 0 Å². The Morgan fingerprint density at radius 2 is 1.95 bits per heavy atom. The third-order valence-corrected chi connectivity index (χ3v) is 4.00. The molecule has 3 heteroatoms. The second-order valence-corrected chi connectivity index (χ2v) is 6.23. The van der Waals surface area contributed by atoms with Gasteiger partial charge in [-0.2, -0.15) is 0 Å². The van der Waals surface area contributed by atoms with Gasteiger partial charge in [-0.25, -0.2) is 0 Å². The van der Waals surface area contributed by atoms with E-state index in [9.17, 15) is 0 Å². The highest BCUT2D eigenvalue weighted by Gasteiger charge is 2.18. The summed E-state index contributed by atoms with van der Waals surface area (Å²) in [5.41, 5.74) is 0. The van der Waals surface area contributed by atoms with Crippen LogP contribution in [0.15, 0.2) is 0 Å². The minimum atomic E-state index is 0.621. The van der Waals surface area contributed by atoms with Crippen molar-refractivity contribution >= 4 is 0 Å². The highest BCUT2D eigenvalue weighted by molar-refractivity contribution is 4.73. The third kappa shape index (κ3) is 8.61. The van der Waals surface area contributed by atoms with Crippen LogP contribution in [-0.4, -0.2) is 50.3 Å². The van der Waals surface area contributed by atoms with Gasteiger partial charge in [-0.15, -0.1) is 0 Å². The summed E-state index contributed by atoms with van der Waals surface area (Å²) in [6.07, 6.45) is 9.20. The highest BCUT2D eigenvalue weighted by Crippen LogP contribution is 2.15. The van der Waals surface area contributed by atoms with Crippen LogP contribution >= 0.6 is 0 Å². The van der Waals surface area contributed by atoms with E-state index in [-0.39, 0.29) is 0 Å². The summed E-state index contributed by atoms with van der Waals surface area (Å²) in [5.74, 6) is 0. The Bertz CT molecular complexity index is 209. The Balaban J connectivity index is 1.83. The fourth-order valence-electron chi connectivity index (χ4n) is 2.65. The molecule has 1 N–H and O–H groups in total. The molecule has 3 nitrogen and oxygen atoms in total. The Morgan fingerprint density at radius 3 is 2.68 bits per heavy atom. The molecule has 0 amide bonds. The van der Waals surface area contributed by atoms with E-state index < -0.39 is 0 Å². The summed E-state index contributed by atoms with van der Waals surface area (Å²) in [6, 6.07) is 1.29. The Hall–Kier alpha value is -0.120. The van der Waals surface area contributed by atoms with Crippen LogP contribution in [0.4, 0.5) is 0 Å². The number of rotatable bonds is 10. The minimum Gasteiger partial charge on any atom is -0.380 e. The van der Waals surface area contributed by atoms with Gasteiger partial charge in [0.15, 0.2) is 0 Å². The number of hydrogen-bond acceptors (Lipinski definition) is 3. The number of hydrogen-bond donors (Lipinski definition) is 1. The zero-order chi connectivity index (χ0) is 13.9. The van der Waals surface area contributed by atoms with Crippen molar-refractivity contribution < 1.29 is 4.74 Å². The van der Waals surface area contributed by atoms with Gasteiger partial charge in [-0.3, -0.25) is 0 Å². The number of nitrogens with zero attached hydrogens (tertiary/aromatic N) is 1. The SMILES string of the molecule is CC(C)NCCCCCCOCC1CCCCN1C. The summed E-state index contributed by atoms with van der Waals surface area (Å²) in [5, 5.41) is 3.46. The van der Waals surface area contributed by atoms with Gasteiger partial charge in [0.25, 0.3) is 0 Å². The van der Waals surface area contributed by atoms with E-state index in [1.54, 1.807) is 0 Å². The van der Waals surface area contributed by atoms with Crippen LogP contribution < -0.4 is 5.32 Å². The molecule has 0 aromatic carbocycles. The largest absolute Gasteiger partial charge is 0.380 e. The molecule has 1 fully saturated rings. The average molecular weight is 270 g/mol. The Kier molecular flexibility index (Phi) is 9.48. The van der Waals surface area contributed by atoms with Crippen LogP contribution in [0.5, 0.6) is 0 Å². The van der Waals surface area contributed by atoms with Crippen LogP contribution in [0.2, 0.25) is 0 Å². The van der Waals surface area contributed by atoms with Gasteiger partial charge >= 0.3 is 0 Å². The second kappa shape index (κ2) is 10.6. The number of piperidine rings is 1. The molecule has 19 heavy (non-hydrogen) atoms. The van der Waals surface area contributed by atoms with E-state index in [1.807, 2.05) is 0 Å². The monoisotopic (exact) mass is 270 g/mol. The molecular formula is C16H34N2O. The molecule has 0 aromatic heterocycles. The van der Waals surface area contributed by atoms with Crippen molar-refractivity contribution in [3.05, 3.63) is 0 Å². The van der Waals surface area contributed by atoms with Crippen molar-refractivity contribution in [3.63, 3.8) is 0 Å². The molecule has 0 aromatic rings. The molecule has 1 unspecified atom stereocenters. The van der Waals surface area contributed by atoms with Crippen LogP contribution in [0, 0.1) is 0 Å². The van der Waals surface area contributed by atoms with Gasteiger partial charge < -0.3 is 15.0 Å². The predicted molar refractivity (Wildman–Crippen MR) is 82.7 cm³/mol. The summed E-state index contributed by atoms with van der Waals surface area (Å²) >= 11 is 0. The molecule has 1 atom stereocenters. The van der Waals surface area contributed by atoms with Gasteiger partial charge in [0.05, 0.1) is 6.61 Å². The summed E-state index contributed by atoms with van der Waals surface area (Å²) in [7, 11) is 2.23. The molecule has 1 aliphatic rings. The standard InChI is InChI=1S/C16H34N2O/c1-15(2)17-11-7-4-5-9-13-19-14-16-10-6-8-12-18(16)3/h15-17H,4-14H2,1-3H3. The summed E-state index contributed by atoms with van der Waals surface area (Å²) in [6.45, 7) is 8.70. The lowest BCUT2D eigenvalue weighted by molar-refractivity contribution is 0.0512. The van der Waals surface area contributed by atoms with Crippen molar-refractivity contribution in [2.45, 2.75) is 70.9 Å². The van der Waals surface area contributed by atoms with Gasteiger partial charge in [0.1, 0.15) is 0 Å². The van der Waals surface area contributed by atoms with Crippen molar-refractivity contribution in [2.24, 2.45) is 0 Å². The quantitative estimate of drug-likeness (QED) is 0.618. The topological polar surface area (TPSA) is 24.5 Å². The lowest BCUT2D eigenvalue weighted by Crippen LogP contribution is -2.39. The van der Waals surface area contributed by atoms with Gasteiger partial charge in [0.2, 0.25) is 0 Å². The van der Waals surface area contributed by atoms with Crippen molar-refractivity contribution in [1.82, 2.24) is 10.2 Å². The average Bonchev–Trinajstić information content (AvgIpc) is 2.38. The first-order valence-electron chi connectivity index (χ1n) is 8.21. The zero-order valence-corrected chi connectivity index (χ0v) is 13.3. The molecule has 0 bridgehead atoms. The zero-order valence-electron chi connectivity index (χ0n) is 13.3. The van der Waals surface area contributed by atoms with Gasteiger partial charge in [-0.05, 0) is 45.8 Å². The molecule has 114 valence electrons. The van der Waals surface area contributed by atoms with Crippen LogP contribution in [-0.2, 0) is 4.74 Å². The molecule has 0 spiro atoms. The van der Waals surface area contributed by atoms with E-state index in [4.69, 9.17) is 4.74 Å². The smallest absolute Gasteiger partial charge is 0.0621 e. The molecule has 0 aliphatic carbocycles. The number of unbranched alkanes of at least 4 members (excludes halogenated alkanes) is 3. The van der Waals surface area contributed by atoms with E-state index in [2.05, 4.69) is 31.1 Å². The maximum Gasteiger partial charge on any atom is 0.0621 e. The molecule has 1 heterocycles. The highest BCUT2D eigenvalue weighted by atomic mass is 16.5. The predicted octanol–water partition coefficient (Wildman–Crippen LogP) is 3.05. The third-order valence-electron chi connectivity index (χ3n) is 4.00. The fraction of sp³-hybridized carbons (Fsp3) is 1.00. The molecule has 1 aliphatic heterocycles. The Morgan fingerprint density at radius 1 is 1.16 bits per heavy atom. The van der Waals surface area contributed by atoms with Crippen LogP contribution in [0.1, 0.15) is 58.8 Å². The molecule has 0 radical (unpaired) electrons. The number of nitrogens with one attached hydrogen (secondary N) is 1. The van der Waals surface area contributed by atoms with E-state index in [0.717, 1.165) is 19.8 Å². The van der Waals surface area contributed by atoms with Crippen molar-refractivity contribution in [2.75, 3.05) is 33.4 Å². The normalized spacial score (nSPS) is 21.2. The number of likely N-dealkylation sites (N-methyl/N-ethyl adjacent to an activating group) is 1. The first-order valence-corrected chi connectivity index (χ1v) is 8.21. The summed E-state index contributed by atoms with van der Waals surface area (Å²) < 4.78 is 5.83. The Labute approximate surface area is 120 Å². The molecular weight excluding hydrogens is 236 g/mol. The lowest BCUT2D eigenvalue weighted by atomic mass is 10.0. The van der Waals surface area contributed by atoms with Crippen molar-refractivity contribution in [3.8, 4) is 0 Å². The van der Waals surface area contributed by atoms with Crippen molar-refractivity contribution in [1.29, 1.82) is 0 Å². The van der Waals surface area contributed by atoms with Gasteiger partial charge in [-0.1, -0.05) is 33.1 Å². The van der Waals surface area contributed by atoms with E-state index in [1.165, 1.54) is 51.5 Å². The minimum absolute atomic E-state index is 0.621. The van der Waals surface area contributed by atoms with E-state index >= 15 is 0 Å². The van der Waals surface area contributed by atoms with Gasteiger partial charge in [0, 0.05) is 18.7 Å². The first-order chi connectivity index (χ1) is 9.20.